The van der Waals surface area contributed by atoms with Crippen LogP contribution in [0.5, 0.6) is 6.01 Å². The third kappa shape index (κ3) is 4.54. The van der Waals surface area contributed by atoms with Crippen molar-refractivity contribution in [2.45, 2.75) is 38.3 Å². The number of fused-ring (bicyclic) bond motifs is 4. The highest BCUT2D eigenvalue weighted by molar-refractivity contribution is 6.36. The molecular weight excluding hydrogens is 540 g/mol. The van der Waals surface area contributed by atoms with Crippen LogP contribution in [-0.4, -0.2) is 77.0 Å². The fraction of sp³-hybridized carbons (Fsp3) is 0.400. The van der Waals surface area contributed by atoms with E-state index >= 15 is 0 Å². The molecule has 5 aromatic rings. The van der Waals surface area contributed by atoms with E-state index in [0.717, 1.165) is 76.7 Å². The quantitative estimate of drug-likeness (QED) is 0.289. The number of aromatic nitrogens is 4. The lowest BCUT2D eigenvalue weighted by atomic mass is 9.95. The number of hydrogen-bond acceptors (Lipinski definition) is 9. The summed E-state index contributed by atoms with van der Waals surface area (Å²) in [7, 11) is 2.13. The second kappa shape index (κ2) is 10.5. The molecule has 2 saturated heterocycles. The van der Waals surface area contributed by atoms with Crippen molar-refractivity contribution in [1.82, 2.24) is 30.4 Å². The molecule has 5 heterocycles. The Hall–Kier alpha value is -3.91. The van der Waals surface area contributed by atoms with Crippen LogP contribution < -0.4 is 15.0 Å². The van der Waals surface area contributed by atoms with Gasteiger partial charge >= 0.3 is 6.01 Å². The van der Waals surface area contributed by atoms with Gasteiger partial charge in [0.25, 0.3) is 0 Å². The number of benzene rings is 2. The summed E-state index contributed by atoms with van der Waals surface area (Å²) in [6.07, 6.45) is 6.18. The topological polar surface area (TPSA) is 119 Å². The van der Waals surface area contributed by atoms with Crippen molar-refractivity contribution in [2.24, 2.45) is 0 Å². The molecule has 2 aliphatic rings. The molecule has 0 bridgehead atoms. The fourth-order valence-corrected chi connectivity index (χ4v) is 6.54. The van der Waals surface area contributed by atoms with Crippen molar-refractivity contribution in [3.8, 4) is 23.2 Å². The first-order chi connectivity index (χ1) is 20.0. The van der Waals surface area contributed by atoms with Crippen LogP contribution in [0.25, 0.3) is 43.9 Å². The minimum absolute atomic E-state index is 0.0436. The van der Waals surface area contributed by atoms with Gasteiger partial charge in [0.1, 0.15) is 18.0 Å². The summed E-state index contributed by atoms with van der Waals surface area (Å²) >= 11 is 6.97. The molecule has 0 spiro atoms. The molecule has 10 nitrogen and oxygen atoms in total. The van der Waals surface area contributed by atoms with Gasteiger partial charge in [-0.1, -0.05) is 11.6 Å². The molecule has 210 valence electrons. The van der Waals surface area contributed by atoms with E-state index in [-0.39, 0.29) is 6.04 Å². The predicted octanol–water partition coefficient (Wildman–Crippen LogP) is 5.05. The third-order valence-corrected chi connectivity index (χ3v) is 8.95. The largest absolute Gasteiger partial charge is 0.463 e. The zero-order chi connectivity index (χ0) is 28.1. The van der Waals surface area contributed by atoms with E-state index in [9.17, 15) is 5.26 Å². The summed E-state index contributed by atoms with van der Waals surface area (Å²) in [6, 6.07) is 9.05. The molecule has 0 amide bonds. The van der Waals surface area contributed by atoms with E-state index < -0.39 is 0 Å². The zero-order valence-corrected chi connectivity index (χ0v) is 23.8. The number of halogens is 1. The van der Waals surface area contributed by atoms with Gasteiger partial charge in [-0.3, -0.25) is 5.10 Å². The molecule has 0 radical (unpaired) electrons. The standard InChI is InChI=1S/C30H31ClN8O2/c1-17-12-23-22(14-34-37-23)25(27(17)31)21-13-24-26(28-20(21)6-11-40-28)29(39-10-8-33-18(15-39)5-7-32)36-30(35-24)41-16-19-4-3-9-38(19)2/h6,11-14,18-19,33H,3-5,8-10,15-16H2,1-2H3,(H,34,37)/t18-,19-/m0/s1. The van der Waals surface area contributed by atoms with Crippen molar-refractivity contribution in [1.29, 1.82) is 5.26 Å². The molecule has 2 aliphatic heterocycles. The number of rotatable bonds is 6. The van der Waals surface area contributed by atoms with Crippen LogP contribution in [0.3, 0.4) is 0 Å². The van der Waals surface area contributed by atoms with Gasteiger partial charge in [0.05, 0.1) is 46.4 Å². The van der Waals surface area contributed by atoms with Crippen molar-refractivity contribution in [2.75, 3.05) is 44.7 Å². The maximum Gasteiger partial charge on any atom is 0.319 e. The summed E-state index contributed by atoms with van der Waals surface area (Å²) in [4.78, 5) is 14.4. The average molecular weight is 571 g/mol. The minimum Gasteiger partial charge on any atom is -0.463 e. The molecule has 0 aliphatic carbocycles. The van der Waals surface area contributed by atoms with Crippen LogP contribution in [-0.2, 0) is 0 Å². The van der Waals surface area contributed by atoms with Gasteiger partial charge in [-0.15, -0.1) is 0 Å². The number of aromatic amines is 1. The number of ether oxygens (including phenoxy) is 1. The zero-order valence-electron chi connectivity index (χ0n) is 23.1. The third-order valence-electron chi connectivity index (χ3n) is 8.46. The summed E-state index contributed by atoms with van der Waals surface area (Å²) in [5.74, 6) is 0.754. The van der Waals surface area contributed by atoms with E-state index in [1.165, 1.54) is 0 Å². The second-order valence-electron chi connectivity index (χ2n) is 11.1. The van der Waals surface area contributed by atoms with Gasteiger partial charge in [0, 0.05) is 48.1 Å². The summed E-state index contributed by atoms with van der Waals surface area (Å²) in [6.45, 7) is 5.72. The Morgan fingerprint density at radius 1 is 1.24 bits per heavy atom. The van der Waals surface area contributed by atoms with Crippen molar-refractivity contribution in [3.63, 3.8) is 0 Å². The van der Waals surface area contributed by atoms with Crippen LogP contribution in [0.15, 0.2) is 35.1 Å². The predicted molar refractivity (Wildman–Crippen MR) is 160 cm³/mol. The first-order valence-corrected chi connectivity index (χ1v) is 14.4. The molecular formula is C30H31ClN8O2. The number of likely N-dealkylation sites (N-methyl/N-ethyl adjacent to an activating group) is 1. The Morgan fingerprint density at radius 2 is 2.15 bits per heavy atom. The second-order valence-corrected chi connectivity index (χ2v) is 11.5. The first kappa shape index (κ1) is 26.0. The smallest absolute Gasteiger partial charge is 0.319 e. The lowest BCUT2D eigenvalue weighted by Gasteiger charge is -2.34. The van der Waals surface area contributed by atoms with Crippen LogP contribution in [0.2, 0.25) is 5.02 Å². The molecule has 7 rings (SSSR count). The number of H-pyrrole nitrogens is 1. The highest BCUT2D eigenvalue weighted by Crippen LogP contribution is 2.44. The normalized spacial score (nSPS) is 19.9. The Bertz CT molecular complexity index is 1810. The van der Waals surface area contributed by atoms with E-state index in [4.69, 9.17) is 30.7 Å². The number of nitrogens with zero attached hydrogens (tertiary/aromatic N) is 6. The van der Waals surface area contributed by atoms with Gasteiger partial charge in [0.2, 0.25) is 0 Å². The molecule has 11 heteroatoms. The first-order valence-electron chi connectivity index (χ1n) is 14.0. The summed E-state index contributed by atoms with van der Waals surface area (Å²) < 4.78 is 12.5. The fourth-order valence-electron chi connectivity index (χ4n) is 6.29. The van der Waals surface area contributed by atoms with Gasteiger partial charge in [0.15, 0.2) is 0 Å². The average Bonchev–Trinajstić information content (AvgIpc) is 3.73. The Balaban J connectivity index is 1.43. The number of furan rings is 1. The lowest BCUT2D eigenvalue weighted by Crippen LogP contribution is -2.51. The van der Waals surface area contributed by atoms with Crippen molar-refractivity contribution < 1.29 is 9.15 Å². The molecule has 2 fully saturated rings. The maximum absolute atomic E-state index is 9.35. The molecule has 0 unspecified atom stereocenters. The SMILES string of the molecule is Cc1cc2[nH]ncc2c(-c2cc3nc(OC[C@@H]4CCCN4C)nc(N4CCN[C@@H](CC#N)C4)c3c3occc23)c1Cl. The Labute approximate surface area is 242 Å². The van der Waals surface area contributed by atoms with Crippen LogP contribution in [0, 0.1) is 18.3 Å². The summed E-state index contributed by atoms with van der Waals surface area (Å²) in [5, 5.41) is 23.5. The Kier molecular flexibility index (Phi) is 6.66. The van der Waals surface area contributed by atoms with Crippen LogP contribution in [0.1, 0.15) is 24.8 Å². The molecule has 2 atom stereocenters. The monoisotopic (exact) mass is 570 g/mol. The van der Waals surface area contributed by atoms with Crippen LogP contribution in [0.4, 0.5) is 5.82 Å². The molecule has 2 N–H and O–H groups in total. The molecule has 41 heavy (non-hydrogen) atoms. The number of piperazine rings is 1. The highest BCUT2D eigenvalue weighted by Gasteiger charge is 2.28. The molecule has 3 aromatic heterocycles. The minimum atomic E-state index is 0.0436. The number of anilines is 1. The van der Waals surface area contributed by atoms with E-state index in [0.29, 0.717) is 47.7 Å². The number of nitrogens with one attached hydrogen (secondary N) is 2. The number of hydrogen-bond donors (Lipinski definition) is 2. The van der Waals surface area contributed by atoms with E-state index in [1.807, 2.05) is 19.1 Å². The van der Waals surface area contributed by atoms with Gasteiger partial charge < -0.3 is 24.3 Å². The van der Waals surface area contributed by atoms with Gasteiger partial charge in [-0.05, 0) is 62.7 Å². The Morgan fingerprint density at radius 3 is 2.98 bits per heavy atom. The number of aryl methyl sites for hydroxylation is 1. The van der Waals surface area contributed by atoms with E-state index in [1.54, 1.807) is 12.5 Å². The number of nitriles is 1. The van der Waals surface area contributed by atoms with Crippen LogP contribution >= 0.6 is 11.6 Å². The maximum atomic E-state index is 9.35. The van der Waals surface area contributed by atoms with Crippen molar-refractivity contribution >= 4 is 50.2 Å². The molecule has 2 aromatic carbocycles. The summed E-state index contributed by atoms with van der Waals surface area (Å²) in [5.41, 5.74) is 5.07. The lowest BCUT2D eigenvalue weighted by molar-refractivity contribution is 0.188. The van der Waals surface area contributed by atoms with Gasteiger partial charge in [-0.2, -0.15) is 20.3 Å². The molecule has 0 saturated carbocycles. The van der Waals surface area contributed by atoms with Gasteiger partial charge in [-0.25, -0.2) is 0 Å². The highest BCUT2D eigenvalue weighted by atomic mass is 35.5. The van der Waals surface area contributed by atoms with E-state index in [2.05, 4.69) is 44.5 Å². The number of likely N-dealkylation sites (tertiary alicyclic amines) is 1. The van der Waals surface area contributed by atoms with Crippen molar-refractivity contribution in [3.05, 3.63) is 41.2 Å².